The van der Waals surface area contributed by atoms with Crippen LogP contribution in [0.2, 0.25) is 0 Å². The van der Waals surface area contributed by atoms with Crippen LogP contribution in [0.25, 0.3) is 0 Å². The van der Waals surface area contributed by atoms with E-state index < -0.39 is 0 Å². The number of amides is 2. The Labute approximate surface area is 104 Å². The first kappa shape index (κ1) is 11.3. The molecule has 5 heteroatoms. The molecule has 2 heterocycles. The van der Waals surface area contributed by atoms with E-state index in [-0.39, 0.29) is 23.7 Å². The Morgan fingerprint density at radius 3 is 2.83 bits per heavy atom. The van der Waals surface area contributed by atoms with Crippen molar-refractivity contribution >= 4 is 11.8 Å². The number of imide groups is 1. The standard InChI is InChI=1S/C13H13FN2O2/c14-10-3-1-2-8-6-16(7-9(8)10)11-4-5-12(17)15-13(11)18/h1-3,11H,4-7H2,(H,15,17,18). The van der Waals surface area contributed by atoms with Crippen molar-refractivity contribution in [1.29, 1.82) is 0 Å². The van der Waals surface area contributed by atoms with Gasteiger partial charge in [-0.3, -0.25) is 19.8 Å². The zero-order valence-electron chi connectivity index (χ0n) is 9.78. The van der Waals surface area contributed by atoms with Crippen LogP contribution in [-0.2, 0) is 22.7 Å². The van der Waals surface area contributed by atoms with Gasteiger partial charge in [-0.2, -0.15) is 0 Å². The Morgan fingerprint density at radius 1 is 1.28 bits per heavy atom. The van der Waals surface area contributed by atoms with Gasteiger partial charge >= 0.3 is 0 Å². The number of nitrogens with zero attached hydrogens (tertiary/aromatic N) is 1. The number of carbonyl (C=O) groups excluding carboxylic acids is 2. The molecule has 3 rings (SSSR count). The van der Waals surface area contributed by atoms with E-state index in [0.29, 0.717) is 31.5 Å². The summed E-state index contributed by atoms with van der Waals surface area (Å²) in [4.78, 5) is 24.8. The van der Waals surface area contributed by atoms with Gasteiger partial charge in [0.05, 0.1) is 6.04 Å². The predicted octanol–water partition coefficient (Wildman–Crippen LogP) is 0.947. The van der Waals surface area contributed by atoms with E-state index in [9.17, 15) is 14.0 Å². The van der Waals surface area contributed by atoms with Gasteiger partial charge in [0.1, 0.15) is 5.82 Å². The third-order valence-electron chi connectivity index (χ3n) is 3.60. The SMILES string of the molecule is O=C1CCC(N2Cc3cccc(F)c3C2)C(=O)N1. The molecule has 2 aliphatic heterocycles. The van der Waals surface area contributed by atoms with Gasteiger partial charge in [-0.25, -0.2) is 4.39 Å². The van der Waals surface area contributed by atoms with Gasteiger partial charge < -0.3 is 0 Å². The average Bonchev–Trinajstić information content (AvgIpc) is 2.74. The number of hydrogen-bond acceptors (Lipinski definition) is 3. The van der Waals surface area contributed by atoms with Crippen LogP contribution in [0.1, 0.15) is 24.0 Å². The maximum Gasteiger partial charge on any atom is 0.243 e. The highest BCUT2D eigenvalue weighted by Crippen LogP contribution is 2.28. The Bertz CT molecular complexity index is 530. The lowest BCUT2D eigenvalue weighted by Gasteiger charge is -2.29. The van der Waals surface area contributed by atoms with Crippen molar-refractivity contribution in [3.8, 4) is 0 Å². The summed E-state index contributed by atoms with van der Waals surface area (Å²) in [7, 11) is 0. The summed E-state index contributed by atoms with van der Waals surface area (Å²) < 4.78 is 13.6. The molecule has 1 fully saturated rings. The Balaban J connectivity index is 1.80. The molecule has 2 aliphatic rings. The molecule has 4 nitrogen and oxygen atoms in total. The van der Waals surface area contributed by atoms with Gasteiger partial charge in [0.2, 0.25) is 11.8 Å². The van der Waals surface area contributed by atoms with Crippen LogP contribution in [0.3, 0.4) is 0 Å². The predicted molar refractivity (Wildman–Crippen MR) is 61.8 cm³/mol. The van der Waals surface area contributed by atoms with E-state index in [2.05, 4.69) is 5.32 Å². The molecule has 0 saturated carbocycles. The van der Waals surface area contributed by atoms with Crippen molar-refractivity contribution in [2.24, 2.45) is 0 Å². The molecule has 1 atom stereocenters. The van der Waals surface area contributed by atoms with Crippen LogP contribution in [-0.4, -0.2) is 22.8 Å². The summed E-state index contributed by atoms with van der Waals surface area (Å²) in [5.74, 6) is -0.708. The summed E-state index contributed by atoms with van der Waals surface area (Å²) in [5.41, 5.74) is 1.60. The van der Waals surface area contributed by atoms with Gasteiger partial charge in [0, 0.05) is 25.1 Å². The van der Waals surface area contributed by atoms with Crippen LogP contribution < -0.4 is 5.32 Å². The molecular weight excluding hydrogens is 235 g/mol. The summed E-state index contributed by atoms with van der Waals surface area (Å²) in [6.07, 6.45) is 0.867. The largest absolute Gasteiger partial charge is 0.295 e. The van der Waals surface area contributed by atoms with Crippen molar-refractivity contribution in [3.63, 3.8) is 0 Å². The first-order chi connectivity index (χ1) is 8.65. The number of nitrogens with one attached hydrogen (secondary N) is 1. The fourth-order valence-electron chi connectivity index (χ4n) is 2.66. The maximum absolute atomic E-state index is 13.6. The lowest BCUT2D eigenvalue weighted by molar-refractivity contribution is -0.137. The zero-order chi connectivity index (χ0) is 12.7. The van der Waals surface area contributed by atoms with Crippen molar-refractivity contribution in [1.82, 2.24) is 10.2 Å². The highest BCUT2D eigenvalue weighted by Gasteiger charge is 2.35. The number of benzene rings is 1. The van der Waals surface area contributed by atoms with Crippen molar-refractivity contribution in [2.75, 3.05) is 0 Å². The smallest absolute Gasteiger partial charge is 0.243 e. The number of carbonyl (C=O) groups is 2. The van der Waals surface area contributed by atoms with E-state index in [1.165, 1.54) is 6.07 Å². The van der Waals surface area contributed by atoms with E-state index in [1.807, 2.05) is 11.0 Å². The number of halogens is 1. The second-order valence-corrected chi connectivity index (χ2v) is 4.75. The molecular formula is C13H13FN2O2. The van der Waals surface area contributed by atoms with Crippen LogP contribution in [0.5, 0.6) is 0 Å². The number of fused-ring (bicyclic) bond motifs is 1. The minimum Gasteiger partial charge on any atom is -0.295 e. The molecule has 1 unspecified atom stereocenters. The van der Waals surface area contributed by atoms with Gasteiger partial charge in [-0.1, -0.05) is 12.1 Å². The van der Waals surface area contributed by atoms with Crippen molar-refractivity contribution in [3.05, 3.63) is 35.1 Å². The fraction of sp³-hybridized carbons (Fsp3) is 0.385. The number of hydrogen-bond donors (Lipinski definition) is 1. The molecule has 0 radical (unpaired) electrons. The lowest BCUT2D eigenvalue weighted by Crippen LogP contribution is -2.50. The Morgan fingerprint density at radius 2 is 2.11 bits per heavy atom. The monoisotopic (exact) mass is 248 g/mol. The molecule has 94 valence electrons. The molecule has 18 heavy (non-hydrogen) atoms. The van der Waals surface area contributed by atoms with Gasteiger partial charge in [0.25, 0.3) is 0 Å². The van der Waals surface area contributed by atoms with Crippen LogP contribution in [0.4, 0.5) is 4.39 Å². The quantitative estimate of drug-likeness (QED) is 0.753. The second-order valence-electron chi connectivity index (χ2n) is 4.75. The molecule has 1 saturated heterocycles. The van der Waals surface area contributed by atoms with E-state index in [0.717, 1.165) is 5.56 Å². The second kappa shape index (κ2) is 4.17. The normalized spacial score (nSPS) is 23.9. The zero-order valence-corrected chi connectivity index (χ0v) is 9.78. The molecule has 0 aromatic heterocycles. The summed E-state index contributed by atoms with van der Waals surface area (Å²) in [6.45, 7) is 1.01. The summed E-state index contributed by atoms with van der Waals surface area (Å²) in [6, 6.07) is 4.67. The maximum atomic E-state index is 13.6. The third-order valence-corrected chi connectivity index (χ3v) is 3.60. The molecule has 0 bridgehead atoms. The first-order valence-corrected chi connectivity index (χ1v) is 5.99. The van der Waals surface area contributed by atoms with Crippen molar-refractivity contribution < 1.29 is 14.0 Å². The third kappa shape index (κ3) is 1.80. The lowest BCUT2D eigenvalue weighted by atomic mass is 10.0. The average molecular weight is 248 g/mol. The summed E-state index contributed by atoms with van der Waals surface area (Å²) >= 11 is 0. The van der Waals surface area contributed by atoms with E-state index >= 15 is 0 Å². The number of rotatable bonds is 1. The van der Waals surface area contributed by atoms with Gasteiger partial charge in [-0.05, 0) is 18.1 Å². The van der Waals surface area contributed by atoms with E-state index in [4.69, 9.17) is 0 Å². The van der Waals surface area contributed by atoms with Gasteiger partial charge in [-0.15, -0.1) is 0 Å². The Kier molecular flexibility index (Phi) is 2.63. The van der Waals surface area contributed by atoms with Crippen LogP contribution in [0, 0.1) is 5.82 Å². The topological polar surface area (TPSA) is 49.4 Å². The highest BCUT2D eigenvalue weighted by molar-refractivity contribution is 6.00. The first-order valence-electron chi connectivity index (χ1n) is 5.99. The molecule has 1 aromatic rings. The summed E-state index contributed by atoms with van der Waals surface area (Å²) in [5, 5.41) is 2.33. The number of piperidine rings is 1. The van der Waals surface area contributed by atoms with Gasteiger partial charge in [0.15, 0.2) is 0 Å². The molecule has 2 amide bonds. The highest BCUT2D eigenvalue weighted by atomic mass is 19.1. The fourth-order valence-corrected chi connectivity index (χ4v) is 2.66. The molecule has 1 aromatic carbocycles. The van der Waals surface area contributed by atoms with Crippen LogP contribution >= 0.6 is 0 Å². The van der Waals surface area contributed by atoms with E-state index in [1.54, 1.807) is 6.07 Å². The molecule has 1 N–H and O–H groups in total. The molecule has 0 aliphatic carbocycles. The minimum absolute atomic E-state index is 0.220. The Hall–Kier alpha value is -1.75. The molecule has 0 spiro atoms. The minimum atomic E-state index is -0.325. The van der Waals surface area contributed by atoms with Crippen LogP contribution in [0.15, 0.2) is 18.2 Å². The van der Waals surface area contributed by atoms with Crippen molar-refractivity contribution in [2.45, 2.75) is 32.0 Å².